The second-order valence-electron chi connectivity index (χ2n) is 3.13. The van der Waals surface area contributed by atoms with E-state index < -0.39 is 0 Å². The molecule has 1 heterocycles. The minimum absolute atomic E-state index is 0. The Hall–Kier alpha value is -0.770. The summed E-state index contributed by atoms with van der Waals surface area (Å²) in [5.41, 5.74) is 0. The monoisotopic (exact) mass is 173 g/mol. The normalized spacial score (nSPS) is 19.3. The molecule has 12 heavy (non-hydrogen) atoms. The average molecular weight is 173 g/mol. The van der Waals surface area contributed by atoms with Gasteiger partial charge in [0, 0.05) is 34.2 Å². The van der Waals surface area contributed by atoms with E-state index in [1.54, 1.807) is 0 Å². The van der Waals surface area contributed by atoms with Crippen LogP contribution < -0.4 is 5.32 Å². The van der Waals surface area contributed by atoms with E-state index in [1.165, 1.54) is 0 Å². The van der Waals surface area contributed by atoms with Gasteiger partial charge in [-0.3, -0.25) is 0 Å². The Morgan fingerprint density at radius 1 is 1.42 bits per heavy atom. The highest BCUT2D eigenvalue weighted by Gasteiger charge is 2.17. The molecule has 1 aliphatic rings. The lowest BCUT2D eigenvalue weighted by Crippen LogP contribution is -2.50. The van der Waals surface area contributed by atoms with Crippen LogP contribution in [0.5, 0.6) is 0 Å². The average Bonchev–Trinajstić information content (AvgIpc) is 2.06. The number of hydrogen-bond acceptors (Lipinski definition) is 2. The van der Waals surface area contributed by atoms with Crippen molar-refractivity contribution in [2.75, 3.05) is 39.8 Å². The Kier molecular flexibility index (Phi) is 3.34. The SMILES string of the molecule is CCNC(=O)N1CCN(C)CC1.[HH]. The number of carbonyl (C=O) groups is 1. The summed E-state index contributed by atoms with van der Waals surface area (Å²) in [5.74, 6) is 0. The van der Waals surface area contributed by atoms with E-state index >= 15 is 0 Å². The fourth-order valence-electron chi connectivity index (χ4n) is 1.27. The van der Waals surface area contributed by atoms with Crippen LogP contribution in [0.2, 0.25) is 0 Å². The van der Waals surface area contributed by atoms with Crippen LogP contribution in [0.15, 0.2) is 0 Å². The standard InChI is InChI=1S/C8H17N3O.H2/c1-3-9-8(12)11-6-4-10(2)5-7-11;/h3-7H2,1-2H3,(H,9,12);1H. The van der Waals surface area contributed by atoms with E-state index in [9.17, 15) is 4.79 Å². The lowest BCUT2D eigenvalue weighted by molar-refractivity contribution is 0.155. The highest BCUT2D eigenvalue weighted by molar-refractivity contribution is 5.74. The molecule has 0 aliphatic carbocycles. The molecule has 1 aliphatic heterocycles. The zero-order chi connectivity index (χ0) is 8.97. The minimum atomic E-state index is 0. The molecule has 72 valence electrons. The van der Waals surface area contributed by atoms with Crippen LogP contribution in [-0.2, 0) is 0 Å². The fraction of sp³-hybridized carbons (Fsp3) is 0.875. The molecule has 0 aromatic carbocycles. The summed E-state index contributed by atoms with van der Waals surface area (Å²) in [4.78, 5) is 15.4. The van der Waals surface area contributed by atoms with Crippen LogP contribution in [0.3, 0.4) is 0 Å². The van der Waals surface area contributed by atoms with Gasteiger partial charge < -0.3 is 15.1 Å². The Labute approximate surface area is 75.0 Å². The van der Waals surface area contributed by atoms with Gasteiger partial charge in [0.1, 0.15) is 0 Å². The first kappa shape index (κ1) is 9.32. The third-order valence-electron chi connectivity index (χ3n) is 2.12. The zero-order valence-corrected chi connectivity index (χ0v) is 7.84. The number of carbonyl (C=O) groups excluding carboxylic acids is 1. The van der Waals surface area contributed by atoms with Crippen LogP contribution >= 0.6 is 0 Å². The predicted molar refractivity (Wildman–Crippen MR) is 50.3 cm³/mol. The van der Waals surface area contributed by atoms with Gasteiger partial charge in [0.25, 0.3) is 0 Å². The van der Waals surface area contributed by atoms with E-state index in [1.807, 2.05) is 11.8 Å². The molecule has 0 aromatic rings. The molecule has 1 N–H and O–H groups in total. The first-order valence-electron chi connectivity index (χ1n) is 4.45. The van der Waals surface area contributed by atoms with Gasteiger partial charge in [-0.05, 0) is 14.0 Å². The van der Waals surface area contributed by atoms with Gasteiger partial charge >= 0.3 is 6.03 Å². The highest BCUT2D eigenvalue weighted by Crippen LogP contribution is 1.98. The molecular formula is C8H19N3O. The summed E-state index contributed by atoms with van der Waals surface area (Å²) in [5, 5.41) is 2.80. The zero-order valence-electron chi connectivity index (χ0n) is 7.84. The maximum atomic E-state index is 11.3. The van der Waals surface area contributed by atoms with Crippen molar-refractivity contribution in [1.29, 1.82) is 0 Å². The highest BCUT2D eigenvalue weighted by atomic mass is 16.2. The first-order chi connectivity index (χ1) is 5.74. The van der Waals surface area contributed by atoms with Crippen molar-refractivity contribution < 1.29 is 6.22 Å². The molecule has 0 radical (unpaired) electrons. The van der Waals surface area contributed by atoms with Gasteiger partial charge in [-0.1, -0.05) is 0 Å². The van der Waals surface area contributed by atoms with Gasteiger partial charge in [-0.25, -0.2) is 4.79 Å². The molecule has 4 nitrogen and oxygen atoms in total. The molecule has 0 spiro atoms. The molecular weight excluding hydrogens is 154 g/mol. The number of piperazine rings is 1. The number of rotatable bonds is 1. The number of likely N-dealkylation sites (N-methyl/N-ethyl adjacent to an activating group) is 1. The summed E-state index contributed by atoms with van der Waals surface area (Å²) in [7, 11) is 2.08. The summed E-state index contributed by atoms with van der Waals surface area (Å²) in [6, 6.07) is 0.0746. The Balaban J connectivity index is 0.00000144. The quantitative estimate of drug-likeness (QED) is 0.615. The van der Waals surface area contributed by atoms with Crippen LogP contribution in [0, 0.1) is 0 Å². The summed E-state index contributed by atoms with van der Waals surface area (Å²) in [6.45, 7) is 6.32. The molecule has 0 bridgehead atoms. The van der Waals surface area contributed by atoms with Gasteiger partial charge in [-0.15, -0.1) is 0 Å². The number of nitrogens with one attached hydrogen (secondary N) is 1. The van der Waals surface area contributed by atoms with Crippen LogP contribution in [0.1, 0.15) is 8.35 Å². The van der Waals surface area contributed by atoms with E-state index in [4.69, 9.17) is 0 Å². The maximum Gasteiger partial charge on any atom is 0.317 e. The van der Waals surface area contributed by atoms with Crippen molar-refractivity contribution in [1.82, 2.24) is 15.1 Å². The fourth-order valence-corrected chi connectivity index (χ4v) is 1.27. The first-order valence-corrected chi connectivity index (χ1v) is 4.45. The van der Waals surface area contributed by atoms with Crippen molar-refractivity contribution in [3.63, 3.8) is 0 Å². The van der Waals surface area contributed by atoms with E-state index in [0.717, 1.165) is 26.2 Å². The maximum absolute atomic E-state index is 11.3. The molecule has 0 aromatic heterocycles. The third-order valence-corrected chi connectivity index (χ3v) is 2.12. The van der Waals surface area contributed by atoms with Crippen molar-refractivity contribution in [2.45, 2.75) is 6.92 Å². The lowest BCUT2D eigenvalue weighted by atomic mass is 10.3. The van der Waals surface area contributed by atoms with Crippen molar-refractivity contribution in [2.24, 2.45) is 0 Å². The molecule has 4 heteroatoms. The van der Waals surface area contributed by atoms with Crippen LogP contribution in [0.4, 0.5) is 4.79 Å². The second kappa shape index (κ2) is 4.30. The Bertz CT molecular complexity index is 157. The minimum Gasteiger partial charge on any atom is -0.338 e. The molecule has 1 fully saturated rings. The smallest absolute Gasteiger partial charge is 0.317 e. The van der Waals surface area contributed by atoms with E-state index in [-0.39, 0.29) is 7.46 Å². The van der Waals surface area contributed by atoms with Crippen LogP contribution in [0.25, 0.3) is 0 Å². The van der Waals surface area contributed by atoms with Gasteiger partial charge in [0.15, 0.2) is 0 Å². The lowest BCUT2D eigenvalue weighted by Gasteiger charge is -2.32. The van der Waals surface area contributed by atoms with Gasteiger partial charge in [0.2, 0.25) is 0 Å². The third kappa shape index (κ3) is 2.37. The molecule has 0 unspecified atom stereocenters. The topological polar surface area (TPSA) is 35.6 Å². The molecule has 2 amide bonds. The van der Waals surface area contributed by atoms with Gasteiger partial charge in [-0.2, -0.15) is 0 Å². The number of nitrogens with zero attached hydrogens (tertiary/aromatic N) is 2. The molecule has 0 atom stereocenters. The molecule has 0 saturated carbocycles. The number of urea groups is 1. The van der Waals surface area contributed by atoms with Crippen molar-refractivity contribution >= 4 is 6.03 Å². The van der Waals surface area contributed by atoms with Crippen molar-refractivity contribution in [3.05, 3.63) is 0 Å². The Morgan fingerprint density at radius 2 is 2.00 bits per heavy atom. The second-order valence-corrected chi connectivity index (χ2v) is 3.13. The predicted octanol–water partition coefficient (Wildman–Crippen LogP) is 0.209. The summed E-state index contributed by atoms with van der Waals surface area (Å²) >= 11 is 0. The largest absolute Gasteiger partial charge is 0.338 e. The summed E-state index contributed by atoms with van der Waals surface area (Å²) in [6.07, 6.45) is 0. The molecule has 1 rings (SSSR count). The molecule has 1 saturated heterocycles. The van der Waals surface area contributed by atoms with Gasteiger partial charge in [0.05, 0.1) is 0 Å². The number of hydrogen-bond donors (Lipinski definition) is 1. The van der Waals surface area contributed by atoms with Crippen molar-refractivity contribution in [3.8, 4) is 0 Å². The summed E-state index contributed by atoms with van der Waals surface area (Å²) < 4.78 is 0. The number of amides is 2. The van der Waals surface area contributed by atoms with E-state index in [2.05, 4.69) is 17.3 Å². The van der Waals surface area contributed by atoms with Crippen LogP contribution in [-0.4, -0.2) is 55.6 Å². The Morgan fingerprint density at radius 3 is 2.50 bits per heavy atom. The van der Waals surface area contributed by atoms with E-state index in [0.29, 0.717) is 6.54 Å².